The van der Waals surface area contributed by atoms with Crippen molar-refractivity contribution in [2.24, 2.45) is 0 Å². The molecule has 2 amide bonds. The molecule has 0 heterocycles. The number of rotatable bonds is 12. The summed E-state index contributed by atoms with van der Waals surface area (Å²) in [6, 6.07) is 16.1. The molecule has 2 atom stereocenters. The molecule has 0 unspecified atom stereocenters. The van der Waals surface area contributed by atoms with Crippen LogP contribution in [0.2, 0.25) is 0 Å². The lowest BCUT2D eigenvalue weighted by Gasteiger charge is -2.32. The molecule has 186 valence electrons. The Bertz CT molecular complexity index is 1060. The molecule has 0 aliphatic carbocycles. The molecule has 2 rings (SSSR count). The average molecular weight is 488 g/mol. The summed E-state index contributed by atoms with van der Waals surface area (Å²) in [5.41, 5.74) is 2.35. The molecule has 8 heteroatoms. The molecule has 0 radical (unpaired) electrons. The molecule has 0 bridgehead atoms. The van der Waals surface area contributed by atoms with Crippen molar-refractivity contribution < 1.29 is 18.0 Å². The minimum Gasteiger partial charge on any atom is -0.352 e. The van der Waals surface area contributed by atoms with Crippen LogP contribution in [0.15, 0.2) is 54.6 Å². The first-order valence-corrected chi connectivity index (χ1v) is 13.6. The van der Waals surface area contributed by atoms with Crippen molar-refractivity contribution in [3.8, 4) is 0 Å². The van der Waals surface area contributed by atoms with Gasteiger partial charge in [0.05, 0.1) is 11.9 Å². The summed E-state index contributed by atoms with van der Waals surface area (Å²) in [5.74, 6) is -0.672. The molecule has 0 saturated heterocycles. The monoisotopic (exact) mass is 487 g/mol. The molecule has 0 saturated carbocycles. The van der Waals surface area contributed by atoms with Crippen LogP contribution in [0.25, 0.3) is 0 Å². The topological polar surface area (TPSA) is 86.8 Å². The fourth-order valence-electron chi connectivity index (χ4n) is 3.68. The van der Waals surface area contributed by atoms with Crippen LogP contribution in [0.1, 0.15) is 45.2 Å². The van der Waals surface area contributed by atoms with Crippen molar-refractivity contribution in [2.75, 3.05) is 23.7 Å². The van der Waals surface area contributed by atoms with Gasteiger partial charge in [0, 0.05) is 12.6 Å². The van der Waals surface area contributed by atoms with E-state index in [1.807, 2.05) is 63.2 Å². The summed E-state index contributed by atoms with van der Waals surface area (Å²) >= 11 is 0. The third kappa shape index (κ3) is 7.58. The molecule has 7 nitrogen and oxygen atoms in total. The van der Waals surface area contributed by atoms with Gasteiger partial charge in [0.25, 0.3) is 0 Å². The number of anilines is 1. The molecule has 0 spiro atoms. The normalized spacial score (nSPS) is 13.1. The summed E-state index contributed by atoms with van der Waals surface area (Å²) < 4.78 is 26.5. The van der Waals surface area contributed by atoms with Gasteiger partial charge in [-0.1, -0.05) is 62.4 Å². The van der Waals surface area contributed by atoms with E-state index in [0.717, 1.165) is 28.1 Å². The van der Waals surface area contributed by atoms with Gasteiger partial charge in [0.2, 0.25) is 21.8 Å². The van der Waals surface area contributed by atoms with Crippen molar-refractivity contribution in [1.29, 1.82) is 0 Å². The van der Waals surface area contributed by atoms with Crippen molar-refractivity contribution in [3.05, 3.63) is 65.7 Å². The Hall–Kier alpha value is -2.87. The molecular weight excluding hydrogens is 450 g/mol. The van der Waals surface area contributed by atoms with E-state index in [9.17, 15) is 18.0 Å². The Morgan fingerprint density at radius 1 is 0.971 bits per heavy atom. The number of hydrogen-bond acceptors (Lipinski definition) is 4. The largest absolute Gasteiger partial charge is 0.352 e. The molecule has 0 aliphatic rings. The SMILES string of the molecule is CCc1ccccc1N(CC(=O)N(CCc1ccccc1)[C@H](C)C(=O)N[C@@H](C)CC)S(C)(=O)=O. The molecule has 0 aliphatic heterocycles. The average Bonchev–Trinajstić information content (AvgIpc) is 2.82. The van der Waals surface area contributed by atoms with E-state index >= 15 is 0 Å². The number of hydrogen-bond donors (Lipinski definition) is 1. The molecule has 0 fully saturated rings. The molecule has 0 aromatic heterocycles. The Morgan fingerprint density at radius 3 is 2.18 bits per heavy atom. The highest BCUT2D eigenvalue weighted by atomic mass is 32.2. The summed E-state index contributed by atoms with van der Waals surface area (Å²) in [4.78, 5) is 27.9. The first-order valence-electron chi connectivity index (χ1n) is 11.8. The summed E-state index contributed by atoms with van der Waals surface area (Å²) in [7, 11) is -3.73. The molecular formula is C26H37N3O4S. The molecule has 34 heavy (non-hydrogen) atoms. The number of carbonyl (C=O) groups is 2. The van der Waals surface area contributed by atoms with Crippen LogP contribution in [0.5, 0.6) is 0 Å². The van der Waals surface area contributed by atoms with E-state index in [1.165, 1.54) is 4.90 Å². The zero-order valence-electron chi connectivity index (χ0n) is 20.8. The van der Waals surface area contributed by atoms with Crippen molar-refractivity contribution in [3.63, 3.8) is 0 Å². The maximum atomic E-state index is 13.5. The van der Waals surface area contributed by atoms with E-state index in [4.69, 9.17) is 0 Å². The van der Waals surface area contributed by atoms with Crippen molar-refractivity contribution in [2.45, 2.75) is 59.0 Å². The summed E-state index contributed by atoms with van der Waals surface area (Å²) in [5, 5.41) is 2.93. The number of nitrogens with zero attached hydrogens (tertiary/aromatic N) is 2. The zero-order valence-corrected chi connectivity index (χ0v) is 21.6. The first-order chi connectivity index (χ1) is 16.1. The lowest BCUT2D eigenvalue weighted by atomic mass is 10.1. The first kappa shape index (κ1) is 27.4. The van der Waals surface area contributed by atoms with Gasteiger partial charge in [-0.3, -0.25) is 13.9 Å². The van der Waals surface area contributed by atoms with Crippen LogP contribution in [0.4, 0.5) is 5.69 Å². The second-order valence-corrected chi connectivity index (χ2v) is 10.5. The Morgan fingerprint density at radius 2 is 1.59 bits per heavy atom. The third-order valence-electron chi connectivity index (χ3n) is 5.97. The third-order valence-corrected chi connectivity index (χ3v) is 7.10. The highest BCUT2D eigenvalue weighted by Gasteiger charge is 2.30. The van der Waals surface area contributed by atoms with E-state index < -0.39 is 22.0 Å². The van der Waals surface area contributed by atoms with Gasteiger partial charge in [0.15, 0.2) is 0 Å². The zero-order chi connectivity index (χ0) is 25.3. The quantitative estimate of drug-likeness (QED) is 0.497. The minimum absolute atomic E-state index is 0.0232. The van der Waals surface area contributed by atoms with Crippen molar-refractivity contribution >= 4 is 27.5 Å². The van der Waals surface area contributed by atoms with Gasteiger partial charge in [-0.25, -0.2) is 8.42 Å². The van der Waals surface area contributed by atoms with E-state index in [2.05, 4.69) is 5.32 Å². The standard InChI is InChI=1S/C26H37N3O4S/c1-6-20(3)27-26(31)21(4)28(18-17-22-13-9-8-10-14-22)25(30)19-29(34(5,32)33)24-16-12-11-15-23(24)7-2/h8-16,20-21H,6-7,17-19H2,1-5H3,(H,27,31)/t20-,21+/m0/s1. The fraction of sp³-hybridized carbons (Fsp3) is 0.462. The van der Waals surface area contributed by atoms with Crippen LogP contribution >= 0.6 is 0 Å². The number of carbonyl (C=O) groups excluding carboxylic acids is 2. The fourth-order valence-corrected chi connectivity index (χ4v) is 4.56. The Labute approximate surface area is 204 Å². The number of amides is 2. The number of nitrogens with one attached hydrogen (secondary N) is 1. The lowest BCUT2D eigenvalue weighted by molar-refractivity contribution is -0.139. The summed E-state index contributed by atoms with van der Waals surface area (Å²) in [6.07, 6.45) is 3.05. The molecule has 2 aromatic rings. The smallest absolute Gasteiger partial charge is 0.244 e. The van der Waals surface area contributed by atoms with Gasteiger partial charge in [-0.15, -0.1) is 0 Å². The predicted molar refractivity (Wildman–Crippen MR) is 137 cm³/mol. The molecule has 2 aromatic carbocycles. The second-order valence-electron chi connectivity index (χ2n) is 8.57. The minimum atomic E-state index is -3.73. The van der Waals surface area contributed by atoms with Crippen LogP contribution in [0.3, 0.4) is 0 Å². The van der Waals surface area contributed by atoms with E-state index in [1.54, 1.807) is 19.1 Å². The number of benzene rings is 2. The van der Waals surface area contributed by atoms with Crippen molar-refractivity contribution in [1.82, 2.24) is 10.2 Å². The van der Waals surface area contributed by atoms with Gasteiger partial charge in [0.1, 0.15) is 12.6 Å². The number of sulfonamides is 1. The second kappa shape index (κ2) is 12.6. The maximum Gasteiger partial charge on any atom is 0.244 e. The van der Waals surface area contributed by atoms with Crippen LogP contribution < -0.4 is 9.62 Å². The predicted octanol–water partition coefficient (Wildman–Crippen LogP) is 3.39. The van der Waals surface area contributed by atoms with E-state index in [0.29, 0.717) is 25.1 Å². The molecule has 1 N–H and O–H groups in total. The Kier molecular flexibility index (Phi) is 10.1. The number of para-hydroxylation sites is 1. The van der Waals surface area contributed by atoms with Gasteiger partial charge in [-0.2, -0.15) is 0 Å². The Balaban J connectivity index is 2.34. The highest BCUT2D eigenvalue weighted by Crippen LogP contribution is 2.24. The van der Waals surface area contributed by atoms with Crippen LogP contribution in [-0.2, 0) is 32.5 Å². The van der Waals surface area contributed by atoms with Crippen LogP contribution in [0, 0.1) is 0 Å². The summed E-state index contributed by atoms with van der Waals surface area (Å²) in [6.45, 7) is 7.44. The maximum absolute atomic E-state index is 13.5. The lowest BCUT2D eigenvalue weighted by Crippen LogP contribution is -2.53. The van der Waals surface area contributed by atoms with Gasteiger partial charge < -0.3 is 10.2 Å². The van der Waals surface area contributed by atoms with E-state index in [-0.39, 0.29) is 18.5 Å². The highest BCUT2D eigenvalue weighted by molar-refractivity contribution is 7.92. The van der Waals surface area contributed by atoms with Gasteiger partial charge >= 0.3 is 0 Å². The van der Waals surface area contributed by atoms with Gasteiger partial charge in [-0.05, 0) is 50.3 Å². The van der Waals surface area contributed by atoms with Crippen LogP contribution in [-0.4, -0.2) is 56.6 Å². The number of aryl methyl sites for hydroxylation is 1.